The van der Waals surface area contributed by atoms with E-state index in [4.69, 9.17) is 10.5 Å². The van der Waals surface area contributed by atoms with Gasteiger partial charge in [0, 0.05) is 18.5 Å². The van der Waals surface area contributed by atoms with Gasteiger partial charge in [0.15, 0.2) is 0 Å². The first-order valence-corrected chi connectivity index (χ1v) is 7.81. The summed E-state index contributed by atoms with van der Waals surface area (Å²) >= 11 is 0. The second-order valence-corrected chi connectivity index (χ2v) is 6.07. The highest BCUT2D eigenvalue weighted by Gasteiger charge is 2.31. The predicted octanol–water partition coefficient (Wildman–Crippen LogP) is 1.35. The molecular weight excluding hydrogens is 256 g/mol. The van der Waals surface area contributed by atoms with Gasteiger partial charge in [0.2, 0.25) is 5.91 Å². The number of nitrogens with one attached hydrogen (secondary N) is 1. The highest BCUT2D eigenvalue weighted by molar-refractivity contribution is 5.77. The van der Waals surface area contributed by atoms with Crippen LogP contribution in [0.15, 0.2) is 0 Å². The maximum Gasteiger partial charge on any atom is 0.308 e. The summed E-state index contributed by atoms with van der Waals surface area (Å²) in [6, 6.07) is 0.213. The molecule has 1 amide bonds. The van der Waals surface area contributed by atoms with Crippen molar-refractivity contribution in [1.29, 1.82) is 0 Å². The molecule has 0 aromatic heterocycles. The zero-order valence-electron chi connectivity index (χ0n) is 12.3. The van der Waals surface area contributed by atoms with Crippen LogP contribution in [0.2, 0.25) is 0 Å². The minimum absolute atomic E-state index is 0.0109. The van der Waals surface area contributed by atoms with Crippen LogP contribution in [0.3, 0.4) is 0 Å². The molecule has 2 rings (SSSR count). The first kappa shape index (κ1) is 15.3. The molecule has 20 heavy (non-hydrogen) atoms. The number of nitrogens with two attached hydrogens (primary N) is 1. The molecule has 114 valence electrons. The predicted molar refractivity (Wildman–Crippen MR) is 75.8 cm³/mol. The van der Waals surface area contributed by atoms with E-state index in [1.54, 1.807) is 0 Å². The van der Waals surface area contributed by atoms with Gasteiger partial charge in [-0.25, -0.2) is 0 Å². The number of esters is 1. The molecule has 0 saturated heterocycles. The Morgan fingerprint density at radius 2 is 1.85 bits per heavy atom. The Kier molecular flexibility index (Phi) is 5.40. The third-order valence-corrected chi connectivity index (χ3v) is 4.36. The van der Waals surface area contributed by atoms with Gasteiger partial charge in [-0.15, -0.1) is 0 Å². The fraction of sp³-hybridized carbons (Fsp3) is 0.867. The van der Waals surface area contributed by atoms with Crippen molar-refractivity contribution < 1.29 is 14.3 Å². The minimum atomic E-state index is -0.0898. The van der Waals surface area contributed by atoms with Crippen LogP contribution in [-0.2, 0) is 14.3 Å². The normalized spacial score (nSPS) is 27.7. The van der Waals surface area contributed by atoms with Crippen molar-refractivity contribution in [2.75, 3.05) is 6.61 Å². The van der Waals surface area contributed by atoms with Gasteiger partial charge >= 0.3 is 5.97 Å². The van der Waals surface area contributed by atoms with Crippen LogP contribution < -0.4 is 11.1 Å². The topological polar surface area (TPSA) is 81.4 Å². The molecule has 1 unspecified atom stereocenters. The fourth-order valence-electron chi connectivity index (χ4n) is 2.93. The van der Waals surface area contributed by atoms with Gasteiger partial charge in [0.1, 0.15) is 0 Å². The molecule has 0 heterocycles. The molecule has 2 fully saturated rings. The number of hydrogen-bond acceptors (Lipinski definition) is 4. The summed E-state index contributed by atoms with van der Waals surface area (Å²) in [6.45, 7) is 2.27. The molecule has 0 radical (unpaired) electrons. The van der Waals surface area contributed by atoms with Crippen molar-refractivity contribution in [3.8, 4) is 0 Å². The highest BCUT2D eigenvalue weighted by atomic mass is 16.5. The summed E-state index contributed by atoms with van der Waals surface area (Å²) in [5, 5.41) is 3.05. The van der Waals surface area contributed by atoms with Gasteiger partial charge in [0.25, 0.3) is 0 Å². The van der Waals surface area contributed by atoms with Crippen molar-refractivity contribution in [2.24, 2.45) is 17.6 Å². The van der Waals surface area contributed by atoms with Crippen molar-refractivity contribution in [3.05, 3.63) is 0 Å². The van der Waals surface area contributed by atoms with Gasteiger partial charge in [-0.3, -0.25) is 9.59 Å². The van der Waals surface area contributed by atoms with E-state index in [-0.39, 0.29) is 29.9 Å². The second kappa shape index (κ2) is 7.07. The molecule has 0 aliphatic heterocycles. The standard InChI is InChI=1S/C15H26N2O3/c1-2-20-15(19)11-5-7-12(8-6-11)17-14(18)9-13(16)10-3-4-10/h10-13H,2-9,16H2,1H3,(H,17,18). The quantitative estimate of drug-likeness (QED) is 0.721. The largest absolute Gasteiger partial charge is 0.466 e. The Morgan fingerprint density at radius 3 is 2.40 bits per heavy atom. The van der Waals surface area contributed by atoms with Crippen LogP contribution in [0.5, 0.6) is 0 Å². The Labute approximate surface area is 120 Å². The van der Waals surface area contributed by atoms with E-state index in [2.05, 4.69) is 5.32 Å². The lowest BCUT2D eigenvalue weighted by Gasteiger charge is -2.28. The zero-order valence-corrected chi connectivity index (χ0v) is 12.3. The third-order valence-electron chi connectivity index (χ3n) is 4.36. The van der Waals surface area contributed by atoms with E-state index in [1.807, 2.05) is 6.92 Å². The van der Waals surface area contributed by atoms with Gasteiger partial charge in [-0.2, -0.15) is 0 Å². The van der Waals surface area contributed by atoms with Gasteiger partial charge < -0.3 is 15.8 Å². The van der Waals surface area contributed by atoms with Crippen LogP contribution in [0, 0.1) is 11.8 Å². The van der Waals surface area contributed by atoms with Crippen molar-refractivity contribution in [2.45, 2.75) is 64.0 Å². The second-order valence-electron chi connectivity index (χ2n) is 6.07. The number of rotatable bonds is 6. The molecule has 2 aliphatic carbocycles. The Hall–Kier alpha value is -1.10. The molecule has 2 saturated carbocycles. The summed E-state index contributed by atoms with van der Waals surface area (Å²) in [4.78, 5) is 23.5. The molecule has 0 bridgehead atoms. The smallest absolute Gasteiger partial charge is 0.308 e. The molecule has 1 atom stereocenters. The number of amides is 1. The average Bonchev–Trinajstić information content (AvgIpc) is 3.24. The third kappa shape index (κ3) is 4.47. The summed E-state index contributed by atoms with van der Waals surface area (Å²) in [5.41, 5.74) is 5.96. The molecule has 5 nitrogen and oxygen atoms in total. The minimum Gasteiger partial charge on any atom is -0.466 e. The Balaban J connectivity index is 1.65. The first-order chi connectivity index (χ1) is 9.60. The molecule has 3 N–H and O–H groups in total. The lowest BCUT2D eigenvalue weighted by atomic mass is 9.86. The maximum atomic E-state index is 11.9. The molecule has 0 spiro atoms. The van der Waals surface area contributed by atoms with Crippen LogP contribution in [-0.4, -0.2) is 30.6 Å². The monoisotopic (exact) mass is 282 g/mol. The average molecular weight is 282 g/mol. The van der Waals surface area contributed by atoms with E-state index in [0.717, 1.165) is 25.7 Å². The molecule has 0 aromatic rings. The summed E-state index contributed by atoms with van der Waals surface area (Å²) in [6.07, 6.45) is 6.08. The number of carbonyl (C=O) groups excluding carboxylic acids is 2. The van der Waals surface area contributed by atoms with Gasteiger partial charge in [-0.05, 0) is 51.4 Å². The van der Waals surface area contributed by atoms with Crippen molar-refractivity contribution in [3.63, 3.8) is 0 Å². The van der Waals surface area contributed by atoms with Gasteiger partial charge in [-0.1, -0.05) is 0 Å². The molecule has 5 heteroatoms. The van der Waals surface area contributed by atoms with E-state index in [1.165, 1.54) is 12.8 Å². The van der Waals surface area contributed by atoms with Crippen LogP contribution >= 0.6 is 0 Å². The Bertz CT molecular complexity index is 347. The maximum absolute atomic E-state index is 11.9. The van der Waals surface area contributed by atoms with Crippen LogP contribution in [0.25, 0.3) is 0 Å². The summed E-state index contributed by atoms with van der Waals surface area (Å²) in [7, 11) is 0. The number of carbonyl (C=O) groups is 2. The van der Waals surface area contributed by atoms with E-state index < -0.39 is 0 Å². The zero-order chi connectivity index (χ0) is 14.5. The fourth-order valence-corrected chi connectivity index (χ4v) is 2.93. The van der Waals surface area contributed by atoms with Crippen molar-refractivity contribution >= 4 is 11.9 Å². The Morgan fingerprint density at radius 1 is 1.20 bits per heavy atom. The van der Waals surface area contributed by atoms with Gasteiger partial charge in [0.05, 0.1) is 12.5 Å². The lowest BCUT2D eigenvalue weighted by molar-refractivity contribution is -0.149. The number of hydrogen-bond donors (Lipinski definition) is 2. The van der Waals surface area contributed by atoms with Crippen molar-refractivity contribution in [1.82, 2.24) is 5.32 Å². The van der Waals surface area contributed by atoms with Crippen LogP contribution in [0.1, 0.15) is 51.9 Å². The van der Waals surface area contributed by atoms with E-state index >= 15 is 0 Å². The summed E-state index contributed by atoms with van der Waals surface area (Å²) in [5.74, 6) is 0.536. The summed E-state index contributed by atoms with van der Waals surface area (Å²) < 4.78 is 5.04. The van der Waals surface area contributed by atoms with E-state index in [0.29, 0.717) is 18.9 Å². The lowest BCUT2D eigenvalue weighted by Crippen LogP contribution is -2.41. The molecular formula is C15H26N2O3. The SMILES string of the molecule is CCOC(=O)C1CCC(NC(=O)CC(N)C2CC2)CC1. The molecule has 0 aromatic carbocycles. The number of ether oxygens (including phenoxy) is 1. The molecule has 2 aliphatic rings. The highest BCUT2D eigenvalue weighted by Crippen LogP contribution is 2.33. The van der Waals surface area contributed by atoms with E-state index in [9.17, 15) is 9.59 Å². The van der Waals surface area contributed by atoms with Crippen LogP contribution in [0.4, 0.5) is 0 Å². The first-order valence-electron chi connectivity index (χ1n) is 7.81.